The highest BCUT2D eigenvalue weighted by atomic mass is 79.9. The molecule has 0 unspecified atom stereocenters. The van der Waals surface area contributed by atoms with Gasteiger partial charge in [-0.3, -0.25) is 4.79 Å². The number of terminal acetylenes is 1. The van der Waals surface area contributed by atoms with Crippen LogP contribution in [0.25, 0.3) is 0 Å². The Morgan fingerprint density at radius 3 is 2.83 bits per heavy atom. The van der Waals surface area contributed by atoms with E-state index in [1.807, 2.05) is 0 Å². The van der Waals surface area contributed by atoms with Crippen LogP contribution in [0.15, 0.2) is 22.7 Å². The van der Waals surface area contributed by atoms with E-state index in [1.54, 1.807) is 11.0 Å². The van der Waals surface area contributed by atoms with Gasteiger partial charge < -0.3 is 4.90 Å². The van der Waals surface area contributed by atoms with E-state index in [0.717, 1.165) is 12.8 Å². The number of amides is 1. The predicted octanol–water partition coefficient (Wildman–Crippen LogP) is 3.07. The van der Waals surface area contributed by atoms with Crippen LogP contribution in [-0.4, -0.2) is 23.9 Å². The molecule has 2 nitrogen and oxygen atoms in total. The minimum absolute atomic E-state index is 0.203. The maximum absolute atomic E-state index is 13.4. The van der Waals surface area contributed by atoms with E-state index in [2.05, 4.69) is 21.9 Å². The highest BCUT2D eigenvalue weighted by Gasteiger charge is 2.27. The van der Waals surface area contributed by atoms with Crippen LogP contribution in [0.4, 0.5) is 4.39 Å². The third-order valence-electron chi connectivity index (χ3n) is 2.91. The van der Waals surface area contributed by atoms with E-state index in [-0.39, 0.29) is 12.5 Å². The molecule has 0 atom stereocenters. The van der Waals surface area contributed by atoms with Crippen LogP contribution in [0.1, 0.15) is 23.2 Å². The second kappa shape index (κ2) is 5.53. The number of hydrogen-bond acceptors (Lipinski definition) is 1. The predicted molar refractivity (Wildman–Crippen MR) is 71.6 cm³/mol. The molecule has 2 rings (SSSR count). The first-order chi connectivity index (χ1) is 8.61. The molecule has 18 heavy (non-hydrogen) atoms. The average Bonchev–Trinajstić information content (AvgIpc) is 3.15. The molecular formula is C14H13BrFNO. The van der Waals surface area contributed by atoms with Crippen molar-refractivity contribution < 1.29 is 9.18 Å². The monoisotopic (exact) mass is 309 g/mol. The Kier molecular flexibility index (Phi) is 4.03. The van der Waals surface area contributed by atoms with E-state index in [0.29, 0.717) is 22.5 Å². The third kappa shape index (κ3) is 3.11. The average molecular weight is 310 g/mol. The molecule has 1 aliphatic rings. The van der Waals surface area contributed by atoms with Crippen LogP contribution in [-0.2, 0) is 0 Å². The van der Waals surface area contributed by atoms with E-state index >= 15 is 0 Å². The quantitative estimate of drug-likeness (QED) is 0.783. The Morgan fingerprint density at radius 2 is 2.28 bits per heavy atom. The molecule has 0 spiro atoms. The van der Waals surface area contributed by atoms with E-state index in [4.69, 9.17) is 6.42 Å². The lowest BCUT2D eigenvalue weighted by Crippen LogP contribution is -2.33. The number of rotatable bonds is 4. The summed E-state index contributed by atoms with van der Waals surface area (Å²) in [5.41, 5.74) is 0.339. The Balaban J connectivity index is 2.15. The third-order valence-corrected chi connectivity index (χ3v) is 3.55. The summed E-state index contributed by atoms with van der Waals surface area (Å²) >= 11 is 3.06. The van der Waals surface area contributed by atoms with Crippen molar-refractivity contribution in [3.8, 4) is 12.3 Å². The molecule has 4 heteroatoms. The first-order valence-electron chi connectivity index (χ1n) is 5.79. The normalized spacial score (nSPS) is 14.1. The molecule has 0 heterocycles. The first-order valence-corrected chi connectivity index (χ1v) is 6.59. The minimum atomic E-state index is -0.437. The van der Waals surface area contributed by atoms with Crippen molar-refractivity contribution in [2.45, 2.75) is 12.8 Å². The van der Waals surface area contributed by atoms with Gasteiger partial charge in [0.05, 0.1) is 11.0 Å². The minimum Gasteiger partial charge on any atom is -0.327 e. The SMILES string of the molecule is C#CCN(CC1CC1)C(=O)c1ccc(Br)c(F)c1. The van der Waals surface area contributed by atoms with Gasteiger partial charge in [-0.2, -0.15) is 0 Å². The smallest absolute Gasteiger partial charge is 0.254 e. The van der Waals surface area contributed by atoms with Gasteiger partial charge in [0, 0.05) is 12.1 Å². The zero-order valence-electron chi connectivity index (χ0n) is 9.83. The standard InChI is InChI=1S/C14H13BrFNO/c1-2-7-17(9-10-3-4-10)14(18)11-5-6-12(15)13(16)8-11/h1,5-6,8,10H,3-4,7,9H2. The van der Waals surface area contributed by atoms with Crippen LogP contribution in [0.2, 0.25) is 0 Å². The maximum atomic E-state index is 13.4. The lowest BCUT2D eigenvalue weighted by molar-refractivity contribution is 0.0769. The summed E-state index contributed by atoms with van der Waals surface area (Å²) in [6, 6.07) is 4.38. The van der Waals surface area contributed by atoms with Crippen LogP contribution in [0.5, 0.6) is 0 Å². The van der Waals surface area contributed by atoms with Gasteiger partial charge in [-0.15, -0.1) is 6.42 Å². The molecule has 1 aliphatic carbocycles. The molecule has 1 amide bonds. The molecule has 0 aliphatic heterocycles. The number of halogens is 2. The molecule has 0 bridgehead atoms. The summed E-state index contributed by atoms with van der Waals surface area (Å²) in [5.74, 6) is 2.40. The van der Waals surface area contributed by atoms with Gasteiger partial charge >= 0.3 is 0 Å². The number of carbonyl (C=O) groups excluding carboxylic acids is 1. The van der Waals surface area contributed by atoms with Gasteiger partial charge in [0.15, 0.2) is 0 Å². The fourth-order valence-corrected chi connectivity index (χ4v) is 2.00. The molecule has 0 radical (unpaired) electrons. The lowest BCUT2D eigenvalue weighted by atomic mass is 10.2. The molecular weight excluding hydrogens is 297 g/mol. The Hall–Kier alpha value is -1.34. The van der Waals surface area contributed by atoms with Crippen LogP contribution >= 0.6 is 15.9 Å². The Morgan fingerprint density at radius 1 is 1.56 bits per heavy atom. The molecule has 1 fully saturated rings. The molecule has 0 N–H and O–H groups in total. The fraction of sp³-hybridized carbons (Fsp3) is 0.357. The highest BCUT2D eigenvalue weighted by molar-refractivity contribution is 9.10. The van der Waals surface area contributed by atoms with Gasteiger partial charge in [-0.25, -0.2) is 4.39 Å². The molecule has 0 aromatic heterocycles. The van der Waals surface area contributed by atoms with Crippen molar-refractivity contribution in [3.63, 3.8) is 0 Å². The first kappa shape index (κ1) is 13.1. The van der Waals surface area contributed by atoms with Crippen LogP contribution < -0.4 is 0 Å². The Labute approximate surface area is 114 Å². The van der Waals surface area contributed by atoms with Crippen molar-refractivity contribution in [1.82, 2.24) is 4.90 Å². The molecule has 1 aromatic carbocycles. The molecule has 0 saturated heterocycles. The van der Waals surface area contributed by atoms with Gasteiger partial charge in [-0.1, -0.05) is 5.92 Å². The van der Waals surface area contributed by atoms with Crippen molar-refractivity contribution in [2.24, 2.45) is 5.92 Å². The number of benzene rings is 1. The topological polar surface area (TPSA) is 20.3 Å². The summed E-state index contributed by atoms with van der Waals surface area (Å²) in [5, 5.41) is 0. The van der Waals surface area contributed by atoms with Gasteiger partial charge in [-0.05, 0) is 52.9 Å². The van der Waals surface area contributed by atoms with E-state index in [9.17, 15) is 9.18 Å². The fourth-order valence-electron chi connectivity index (χ4n) is 1.75. The van der Waals surface area contributed by atoms with Crippen molar-refractivity contribution in [1.29, 1.82) is 0 Å². The Bertz CT molecular complexity index is 505. The van der Waals surface area contributed by atoms with Gasteiger partial charge in [0.1, 0.15) is 5.82 Å². The largest absolute Gasteiger partial charge is 0.327 e. The zero-order valence-corrected chi connectivity index (χ0v) is 11.4. The van der Waals surface area contributed by atoms with E-state index in [1.165, 1.54) is 12.1 Å². The maximum Gasteiger partial charge on any atom is 0.254 e. The second-order valence-corrected chi connectivity index (χ2v) is 5.32. The van der Waals surface area contributed by atoms with Crippen molar-refractivity contribution in [3.05, 3.63) is 34.1 Å². The lowest BCUT2D eigenvalue weighted by Gasteiger charge is -2.20. The summed E-state index contributed by atoms with van der Waals surface area (Å²) < 4.78 is 13.8. The summed E-state index contributed by atoms with van der Waals surface area (Å²) in [6.07, 6.45) is 7.55. The van der Waals surface area contributed by atoms with Crippen molar-refractivity contribution in [2.75, 3.05) is 13.1 Å². The molecule has 1 saturated carbocycles. The van der Waals surface area contributed by atoms with Gasteiger partial charge in [0.25, 0.3) is 5.91 Å². The van der Waals surface area contributed by atoms with Gasteiger partial charge in [0.2, 0.25) is 0 Å². The zero-order chi connectivity index (χ0) is 13.1. The summed E-state index contributed by atoms with van der Waals surface area (Å²) in [6.45, 7) is 0.938. The number of hydrogen-bond donors (Lipinski definition) is 0. The van der Waals surface area contributed by atoms with Crippen molar-refractivity contribution >= 4 is 21.8 Å². The highest BCUT2D eigenvalue weighted by Crippen LogP contribution is 2.30. The van der Waals surface area contributed by atoms with Crippen LogP contribution in [0, 0.1) is 24.1 Å². The van der Waals surface area contributed by atoms with E-state index < -0.39 is 5.82 Å². The summed E-state index contributed by atoms with van der Waals surface area (Å²) in [4.78, 5) is 13.8. The second-order valence-electron chi connectivity index (χ2n) is 4.46. The summed E-state index contributed by atoms with van der Waals surface area (Å²) in [7, 11) is 0. The van der Waals surface area contributed by atoms with Crippen LogP contribution in [0.3, 0.4) is 0 Å². The number of carbonyl (C=O) groups is 1. The molecule has 1 aromatic rings. The number of nitrogens with zero attached hydrogens (tertiary/aromatic N) is 1. The molecule has 94 valence electrons.